The Kier molecular flexibility index (Phi) is 5.30. The number of aromatic carboxylic acids is 1. The van der Waals surface area contributed by atoms with E-state index >= 15 is 0 Å². The lowest BCUT2D eigenvalue weighted by Crippen LogP contribution is -2.45. The van der Waals surface area contributed by atoms with Crippen LogP contribution in [-0.4, -0.2) is 38.8 Å². The van der Waals surface area contributed by atoms with Crippen LogP contribution in [0.2, 0.25) is 0 Å². The van der Waals surface area contributed by atoms with Gasteiger partial charge < -0.3 is 15.2 Å². The zero-order chi connectivity index (χ0) is 21.5. The van der Waals surface area contributed by atoms with Crippen LogP contribution in [0.3, 0.4) is 0 Å². The van der Waals surface area contributed by atoms with Crippen LogP contribution in [0.5, 0.6) is 5.75 Å². The fourth-order valence-electron chi connectivity index (χ4n) is 4.46. The van der Waals surface area contributed by atoms with E-state index in [0.717, 1.165) is 49.1 Å². The smallest absolute Gasteiger partial charge is 0.341 e. The molecule has 1 aromatic heterocycles. The monoisotopic (exact) mass is 411 g/mol. The summed E-state index contributed by atoms with van der Waals surface area (Å²) < 4.78 is 7.09. The zero-order valence-corrected chi connectivity index (χ0v) is 17.8. The van der Waals surface area contributed by atoms with E-state index in [1.807, 2.05) is 32.0 Å². The molecule has 2 aromatic rings. The van der Waals surface area contributed by atoms with Crippen LogP contribution < -0.4 is 10.1 Å². The Balaban J connectivity index is 1.59. The number of fused-ring (bicyclic) bond motifs is 1. The molecule has 7 nitrogen and oxygen atoms in total. The second kappa shape index (κ2) is 7.78. The van der Waals surface area contributed by atoms with Crippen molar-refractivity contribution in [2.45, 2.75) is 58.4 Å². The third-order valence-corrected chi connectivity index (χ3v) is 6.32. The number of rotatable bonds is 6. The molecule has 0 amide bonds. The maximum absolute atomic E-state index is 13.2. The molecule has 0 unspecified atom stereocenters. The molecule has 0 bridgehead atoms. The fraction of sp³-hybridized carbons (Fsp3) is 0.522. The number of anilines is 1. The van der Waals surface area contributed by atoms with Crippen LogP contribution in [0, 0.1) is 11.8 Å². The largest absolute Gasteiger partial charge is 0.493 e. The Bertz CT molecular complexity index is 971. The quantitative estimate of drug-likeness (QED) is 0.744. The number of ether oxygens (including phenoxy) is 1. The first kappa shape index (κ1) is 20.4. The van der Waals surface area contributed by atoms with Crippen molar-refractivity contribution in [3.05, 3.63) is 35.5 Å². The average Bonchev–Trinajstić information content (AvgIpc) is 3.34. The normalized spacial score (nSPS) is 21.0. The van der Waals surface area contributed by atoms with E-state index in [9.17, 15) is 14.7 Å². The lowest BCUT2D eigenvalue weighted by atomic mass is 9.76. The molecule has 1 fully saturated rings. The predicted molar refractivity (Wildman–Crippen MR) is 114 cm³/mol. The van der Waals surface area contributed by atoms with Gasteiger partial charge in [-0.3, -0.25) is 4.79 Å². The molecule has 0 atom stereocenters. The second-order valence-electron chi connectivity index (χ2n) is 9.10. The number of carboxylic acids is 1. The van der Waals surface area contributed by atoms with E-state index in [4.69, 9.17) is 4.74 Å². The minimum Gasteiger partial charge on any atom is -0.493 e. The van der Waals surface area contributed by atoms with Crippen molar-refractivity contribution < 1.29 is 19.4 Å². The summed E-state index contributed by atoms with van der Waals surface area (Å²) in [5, 5.41) is 17.3. The summed E-state index contributed by atoms with van der Waals surface area (Å²) >= 11 is 0. The number of carbonyl (C=O) groups excluding carboxylic acids is 1. The van der Waals surface area contributed by atoms with Crippen LogP contribution in [-0.2, 0) is 11.2 Å². The number of carbonyl (C=O) groups is 2. The molecule has 4 rings (SSSR count). The first-order chi connectivity index (χ1) is 14.2. The number of benzene rings is 1. The average molecular weight is 412 g/mol. The van der Waals surface area contributed by atoms with Gasteiger partial charge >= 0.3 is 5.97 Å². The van der Waals surface area contributed by atoms with Crippen LogP contribution >= 0.6 is 0 Å². The number of hydrogen-bond acceptors (Lipinski definition) is 5. The molecule has 0 radical (unpaired) electrons. The van der Waals surface area contributed by atoms with E-state index in [-0.39, 0.29) is 23.1 Å². The lowest BCUT2D eigenvalue weighted by Gasteiger charge is -2.33. The number of hydrogen-bond donors (Lipinski definition) is 2. The number of ketones is 1. The van der Waals surface area contributed by atoms with Gasteiger partial charge in [0, 0.05) is 18.5 Å². The summed E-state index contributed by atoms with van der Waals surface area (Å²) in [6.07, 6.45) is 6.21. The van der Waals surface area contributed by atoms with Gasteiger partial charge in [0.2, 0.25) is 0 Å². The molecule has 1 aliphatic carbocycles. The Morgan fingerprint density at radius 1 is 1.23 bits per heavy atom. The first-order valence-electron chi connectivity index (χ1n) is 10.7. The molecule has 160 valence electrons. The van der Waals surface area contributed by atoms with Crippen molar-refractivity contribution >= 4 is 17.6 Å². The summed E-state index contributed by atoms with van der Waals surface area (Å²) in [6, 6.07) is 5.70. The highest BCUT2D eigenvalue weighted by Crippen LogP contribution is 2.33. The summed E-state index contributed by atoms with van der Waals surface area (Å²) in [6.45, 7) is 6.50. The van der Waals surface area contributed by atoms with Crippen molar-refractivity contribution in [3.8, 4) is 11.4 Å². The molecule has 1 aromatic carbocycles. The molecule has 7 heteroatoms. The topological polar surface area (TPSA) is 93.4 Å². The zero-order valence-electron chi connectivity index (χ0n) is 17.8. The van der Waals surface area contributed by atoms with Gasteiger partial charge in [-0.15, -0.1) is 5.10 Å². The predicted octanol–water partition coefficient (Wildman–Crippen LogP) is 4.09. The SMILES string of the molecule is CC(C)(Nc1nn(-c2ccc3c(c2)CCO3)cc1C(=O)O)C(=O)[C@H]1CC[C@H](C)CC1. The van der Waals surface area contributed by atoms with Crippen molar-refractivity contribution in [1.82, 2.24) is 9.78 Å². The summed E-state index contributed by atoms with van der Waals surface area (Å²) in [5.41, 5.74) is 0.988. The number of nitrogens with zero attached hydrogens (tertiary/aromatic N) is 2. The fourth-order valence-corrected chi connectivity index (χ4v) is 4.46. The first-order valence-corrected chi connectivity index (χ1v) is 10.7. The maximum Gasteiger partial charge on any atom is 0.341 e. The number of carboxylic acid groups (broad SMARTS) is 1. The van der Waals surface area contributed by atoms with Gasteiger partial charge in [0.25, 0.3) is 0 Å². The third-order valence-electron chi connectivity index (χ3n) is 6.32. The van der Waals surface area contributed by atoms with Gasteiger partial charge in [-0.05, 0) is 56.4 Å². The van der Waals surface area contributed by atoms with Crippen molar-refractivity contribution in [1.29, 1.82) is 0 Å². The van der Waals surface area contributed by atoms with Gasteiger partial charge in [-0.2, -0.15) is 0 Å². The van der Waals surface area contributed by atoms with Gasteiger partial charge in [0.15, 0.2) is 11.6 Å². The standard InChI is InChI=1S/C23H29N3O4/c1-14-4-6-15(7-5-14)20(27)23(2,3)24-21-18(22(28)29)13-26(25-21)17-8-9-19-16(12-17)10-11-30-19/h8-9,12-15H,4-7,10-11H2,1-3H3,(H,24,25)(H,28,29)/t14-,15-. The Morgan fingerprint density at radius 3 is 2.67 bits per heavy atom. The van der Waals surface area contributed by atoms with Crippen molar-refractivity contribution in [2.24, 2.45) is 11.8 Å². The van der Waals surface area contributed by atoms with Crippen LogP contribution in [0.4, 0.5) is 5.82 Å². The molecule has 0 spiro atoms. The lowest BCUT2D eigenvalue weighted by molar-refractivity contribution is -0.127. The van der Waals surface area contributed by atoms with Gasteiger partial charge in [-0.1, -0.05) is 19.8 Å². The van der Waals surface area contributed by atoms with E-state index in [0.29, 0.717) is 12.5 Å². The molecule has 1 aliphatic heterocycles. The molecule has 1 saturated carbocycles. The summed E-state index contributed by atoms with van der Waals surface area (Å²) in [4.78, 5) is 25.0. The Morgan fingerprint density at radius 2 is 1.97 bits per heavy atom. The minimum absolute atomic E-state index is 0.00998. The second-order valence-corrected chi connectivity index (χ2v) is 9.10. The van der Waals surface area contributed by atoms with Gasteiger partial charge in [0.05, 0.1) is 17.8 Å². The highest BCUT2D eigenvalue weighted by atomic mass is 16.5. The van der Waals surface area contributed by atoms with Crippen LogP contribution in [0.25, 0.3) is 5.69 Å². The molecular formula is C23H29N3O4. The Hall–Kier alpha value is -2.83. The molecule has 2 N–H and O–H groups in total. The molecule has 2 aliphatic rings. The number of aromatic nitrogens is 2. The van der Waals surface area contributed by atoms with Gasteiger partial charge in [-0.25, -0.2) is 9.48 Å². The van der Waals surface area contributed by atoms with E-state index in [2.05, 4.69) is 17.3 Å². The number of nitrogens with one attached hydrogen (secondary N) is 1. The maximum atomic E-state index is 13.2. The van der Waals surface area contributed by atoms with Crippen molar-refractivity contribution in [3.63, 3.8) is 0 Å². The molecule has 0 saturated heterocycles. The van der Waals surface area contributed by atoms with E-state index < -0.39 is 11.5 Å². The Labute approximate surface area is 176 Å². The summed E-state index contributed by atoms with van der Waals surface area (Å²) in [5.74, 6) is 0.781. The van der Waals surface area contributed by atoms with Crippen LogP contribution in [0.15, 0.2) is 24.4 Å². The molecule has 2 heterocycles. The minimum atomic E-state index is -1.08. The van der Waals surface area contributed by atoms with E-state index in [1.54, 1.807) is 4.68 Å². The third kappa shape index (κ3) is 3.93. The number of Topliss-reactive ketones (excluding diaryl/α,β-unsaturated/α-hetero) is 1. The molecular weight excluding hydrogens is 382 g/mol. The van der Waals surface area contributed by atoms with Crippen molar-refractivity contribution in [2.75, 3.05) is 11.9 Å². The molecule has 30 heavy (non-hydrogen) atoms. The summed E-state index contributed by atoms with van der Waals surface area (Å²) in [7, 11) is 0. The highest BCUT2D eigenvalue weighted by molar-refractivity contribution is 5.96. The highest BCUT2D eigenvalue weighted by Gasteiger charge is 2.36. The van der Waals surface area contributed by atoms with E-state index in [1.165, 1.54) is 6.20 Å². The van der Waals surface area contributed by atoms with Crippen LogP contribution in [0.1, 0.15) is 62.4 Å². The van der Waals surface area contributed by atoms with Gasteiger partial charge in [0.1, 0.15) is 11.3 Å².